The van der Waals surface area contributed by atoms with E-state index in [0.29, 0.717) is 0 Å². The van der Waals surface area contributed by atoms with Crippen molar-refractivity contribution in [1.82, 2.24) is 4.98 Å². The molecule has 1 rings (SSSR count). The fourth-order valence-electron chi connectivity index (χ4n) is 1.35. The Balaban J connectivity index is 2.72. The zero-order chi connectivity index (χ0) is 8.97. The van der Waals surface area contributed by atoms with Gasteiger partial charge in [-0.3, -0.25) is 4.98 Å². The lowest BCUT2D eigenvalue weighted by atomic mass is 10.1. The molecule has 66 valence electrons. The second-order valence-corrected chi connectivity index (χ2v) is 3.30. The third kappa shape index (κ3) is 2.33. The highest BCUT2D eigenvalue weighted by Crippen LogP contribution is 2.09. The maximum atomic E-state index is 4.43. The fourth-order valence-corrected chi connectivity index (χ4v) is 1.35. The first kappa shape index (κ1) is 9.24. The average molecular weight is 163 g/mol. The summed E-state index contributed by atoms with van der Waals surface area (Å²) >= 11 is 0. The molecule has 1 aromatic heterocycles. The summed E-state index contributed by atoms with van der Waals surface area (Å²) in [5.41, 5.74) is 3.72. The lowest BCUT2D eigenvalue weighted by molar-refractivity contribution is 0.785. The molecule has 0 bridgehead atoms. The van der Waals surface area contributed by atoms with Gasteiger partial charge in [-0.05, 0) is 38.3 Å². The van der Waals surface area contributed by atoms with E-state index < -0.39 is 0 Å². The summed E-state index contributed by atoms with van der Waals surface area (Å²) in [6, 6.07) is 4.30. The molecule has 0 unspecified atom stereocenters. The summed E-state index contributed by atoms with van der Waals surface area (Å²) in [5, 5.41) is 0. The van der Waals surface area contributed by atoms with Crippen LogP contribution in [0.2, 0.25) is 0 Å². The molecule has 0 saturated heterocycles. The van der Waals surface area contributed by atoms with Gasteiger partial charge in [0.15, 0.2) is 0 Å². The van der Waals surface area contributed by atoms with E-state index in [4.69, 9.17) is 0 Å². The van der Waals surface area contributed by atoms with Gasteiger partial charge >= 0.3 is 0 Å². The van der Waals surface area contributed by atoms with Crippen molar-refractivity contribution in [3.63, 3.8) is 0 Å². The Kier molecular flexibility index (Phi) is 3.27. The van der Waals surface area contributed by atoms with Crippen molar-refractivity contribution in [2.75, 3.05) is 0 Å². The highest BCUT2D eigenvalue weighted by atomic mass is 14.7. The first-order valence-corrected chi connectivity index (χ1v) is 4.67. The largest absolute Gasteiger partial charge is 0.258 e. The Morgan fingerprint density at radius 1 is 1.25 bits per heavy atom. The van der Waals surface area contributed by atoms with Crippen LogP contribution in [0.15, 0.2) is 12.1 Å². The molecule has 0 atom stereocenters. The zero-order valence-corrected chi connectivity index (χ0v) is 8.22. The zero-order valence-electron chi connectivity index (χ0n) is 8.22. The Hall–Kier alpha value is -0.850. The predicted molar refractivity (Wildman–Crippen MR) is 52.3 cm³/mol. The number of pyridine rings is 1. The van der Waals surface area contributed by atoms with E-state index in [1.165, 1.54) is 30.5 Å². The molecule has 1 heterocycles. The predicted octanol–water partition coefficient (Wildman–Crippen LogP) is 3.04. The van der Waals surface area contributed by atoms with E-state index in [9.17, 15) is 0 Å². The highest BCUT2D eigenvalue weighted by Gasteiger charge is 1.98. The summed E-state index contributed by atoms with van der Waals surface area (Å²) < 4.78 is 0. The van der Waals surface area contributed by atoms with Crippen molar-refractivity contribution in [2.45, 2.75) is 40.0 Å². The molecule has 0 aliphatic rings. The number of unbranched alkanes of at least 4 members (excludes halogenated alkanes) is 1. The van der Waals surface area contributed by atoms with E-state index in [1.54, 1.807) is 0 Å². The molecular weight excluding hydrogens is 146 g/mol. The molecule has 0 N–H and O–H groups in total. The van der Waals surface area contributed by atoms with Crippen molar-refractivity contribution in [3.05, 3.63) is 29.1 Å². The van der Waals surface area contributed by atoms with Crippen molar-refractivity contribution in [2.24, 2.45) is 0 Å². The second-order valence-electron chi connectivity index (χ2n) is 3.30. The van der Waals surface area contributed by atoms with E-state index >= 15 is 0 Å². The van der Waals surface area contributed by atoms with Gasteiger partial charge in [0.1, 0.15) is 0 Å². The van der Waals surface area contributed by atoms with Gasteiger partial charge < -0.3 is 0 Å². The summed E-state index contributed by atoms with van der Waals surface area (Å²) in [6.45, 7) is 6.35. The lowest BCUT2D eigenvalue weighted by Crippen LogP contribution is -1.94. The van der Waals surface area contributed by atoms with Crippen LogP contribution in [0.4, 0.5) is 0 Å². The molecule has 0 spiro atoms. The SMILES string of the molecule is CCCCc1ccc(C)nc1C. The summed E-state index contributed by atoms with van der Waals surface area (Å²) in [5.74, 6) is 0. The van der Waals surface area contributed by atoms with E-state index in [1.807, 2.05) is 6.92 Å². The van der Waals surface area contributed by atoms with Gasteiger partial charge in [-0.25, -0.2) is 0 Å². The molecule has 12 heavy (non-hydrogen) atoms. The number of aryl methyl sites for hydroxylation is 3. The first-order valence-electron chi connectivity index (χ1n) is 4.67. The molecular formula is C11H17N. The normalized spacial score (nSPS) is 10.2. The van der Waals surface area contributed by atoms with Crippen molar-refractivity contribution < 1.29 is 0 Å². The van der Waals surface area contributed by atoms with Gasteiger partial charge in [-0.1, -0.05) is 19.4 Å². The maximum absolute atomic E-state index is 4.43. The topological polar surface area (TPSA) is 12.9 Å². The van der Waals surface area contributed by atoms with Crippen LogP contribution in [-0.4, -0.2) is 4.98 Å². The molecule has 0 fully saturated rings. The number of hydrogen-bond donors (Lipinski definition) is 0. The minimum Gasteiger partial charge on any atom is -0.258 e. The van der Waals surface area contributed by atoms with Gasteiger partial charge in [0.2, 0.25) is 0 Å². The molecule has 0 aromatic carbocycles. The Morgan fingerprint density at radius 2 is 2.00 bits per heavy atom. The highest BCUT2D eigenvalue weighted by molar-refractivity contribution is 5.21. The number of nitrogens with zero attached hydrogens (tertiary/aromatic N) is 1. The molecule has 0 saturated carbocycles. The van der Waals surface area contributed by atoms with Gasteiger partial charge in [0.25, 0.3) is 0 Å². The molecule has 0 radical (unpaired) electrons. The van der Waals surface area contributed by atoms with Crippen LogP contribution in [0.5, 0.6) is 0 Å². The van der Waals surface area contributed by atoms with Crippen LogP contribution in [-0.2, 0) is 6.42 Å². The van der Waals surface area contributed by atoms with Crippen LogP contribution in [0, 0.1) is 13.8 Å². The number of hydrogen-bond acceptors (Lipinski definition) is 1. The monoisotopic (exact) mass is 163 g/mol. The standard InChI is InChI=1S/C11H17N/c1-4-5-6-11-8-7-9(2)12-10(11)3/h7-8H,4-6H2,1-3H3. The summed E-state index contributed by atoms with van der Waals surface area (Å²) in [6.07, 6.45) is 3.70. The third-order valence-electron chi connectivity index (χ3n) is 2.13. The van der Waals surface area contributed by atoms with Crippen molar-refractivity contribution >= 4 is 0 Å². The summed E-state index contributed by atoms with van der Waals surface area (Å²) in [4.78, 5) is 4.43. The minimum atomic E-state index is 1.12. The molecule has 1 nitrogen and oxygen atoms in total. The Bertz CT molecular complexity index is 253. The third-order valence-corrected chi connectivity index (χ3v) is 2.13. The van der Waals surface area contributed by atoms with Crippen LogP contribution < -0.4 is 0 Å². The number of rotatable bonds is 3. The van der Waals surface area contributed by atoms with Gasteiger partial charge in [0.05, 0.1) is 0 Å². The summed E-state index contributed by atoms with van der Waals surface area (Å²) in [7, 11) is 0. The van der Waals surface area contributed by atoms with Crippen LogP contribution in [0.3, 0.4) is 0 Å². The van der Waals surface area contributed by atoms with Crippen LogP contribution in [0.25, 0.3) is 0 Å². The average Bonchev–Trinajstić information content (AvgIpc) is 2.03. The van der Waals surface area contributed by atoms with E-state index in [2.05, 4.69) is 31.0 Å². The Labute approximate surface area is 74.8 Å². The van der Waals surface area contributed by atoms with Crippen molar-refractivity contribution in [3.8, 4) is 0 Å². The minimum absolute atomic E-state index is 1.12. The second kappa shape index (κ2) is 4.24. The van der Waals surface area contributed by atoms with Crippen molar-refractivity contribution in [1.29, 1.82) is 0 Å². The van der Waals surface area contributed by atoms with E-state index in [0.717, 1.165) is 5.69 Å². The molecule has 0 amide bonds. The van der Waals surface area contributed by atoms with E-state index in [-0.39, 0.29) is 0 Å². The van der Waals surface area contributed by atoms with Gasteiger partial charge in [0, 0.05) is 11.4 Å². The van der Waals surface area contributed by atoms with Gasteiger partial charge in [-0.2, -0.15) is 0 Å². The van der Waals surface area contributed by atoms with Gasteiger partial charge in [-0.15, -0.1) is 0 Å². The smallest absolute Gasteiger partial charge is 0.0407 e. The quantitative estimate of drug-likeness (QED) is 0.667. The Morgan fingerprint density at radius 3 is 2.58 bits per heavy atom. The fraction of sp³-hybridized carbons (Fsp3) is 0.545. The van der Waals surface area contributed by atoms with Crippen LogP contribution >= 0.6 is 0 Å². The number of aromatic nitrogens is 1. The van der Waals surface area contributed by atoms with Crippen LogP contribution in [0.1, 0.15) is 36.7 Å². The molecule has 0 aliphatic heterocycles. The molecule has 1 aromatic rings. The maximum Gasteiger partial charge on any atom is 0.0407 e. The lowest BCUT2D eigenvalue weighted by Gasteiger charge is -2.04. The molecule has 1 heteroatoms. The molecule has 0 aliphatic carbocycles. The first-order chi connectivity index (χ1) is 5.74.